The number of fused-ring (bicyclic) bond motifs is 2. The van der Waals surface area contributed by atoms with E-state index in [1.165, 1.54) is 24.3 Å². The van der Waals surface area contributed by atoms with Crippen LogP contribution in [-0.4, -0.2) is 26.5 Å². The van der Waals surface area contributed by atoms with Crippen LogP contribution >= 0.6 is 23.2 Å². The molecule has 0 spiro atoms. The van der Waals surface area contributed by atoms with Crippen molar-refractivity contribution in [3.8, 4) is 11.5 Å². The normalized spacial score (nSPS) is 12.6. The summed E-state index contributed by atoms with van der Waals surface area (Å²) in [5.41, 5.74) is 13.0. The minimum absolute atomic E-state index is 0.0216. The molecule has 0 fully saturated rings. The maximum absolute atomic E-state index is 13.3. The molecule has 0 aliphatic heterocycles. The second-order valence-electron chi connectivity index (χ2n) is 7.22. The number of benzene rings is 2. The zero-order valence-corrected chi connectivity index (χ0v) is 18.7. The molecular weight excluding hydrogens is 477 g/mol. The summed E-state index contributed by atoms with van der Waals surface area (Å²) < 4.78 is 0. The van der Waals surface area contributed by atoms with Gasteiger partial charge in [-0.15, -0.1) is 10.2 Å². The number of nitrogens with two attached hydrogens (primary N) is 2. The summed E-state index contributed by atoms with van der Waals surface area (Å²) in [7, 11) is 0. The van der Waals surface area contributed by atoms with Crippen LogP contribution in [0.4, 0.5) is 23.0 Å². The Hall–Kier alpha value is -4.21. The minimum Gasteiger partial charge on any atom is -0.382 e. The fourth-order valence-corrected chi connectivity index (χ4v) is 4.10. The number of halogens is 2. The van der Waals surface area contributed by atoms with Crippen LogP contribution < -0.4 is 11.5 Å². The highest BCUT2D eigenvalue weighted by Crippen LogP contribution is 2.40. The van der Waals surface area contributed by atoms with Gasteiger partial charge in [-0.1, -0.05) is 41.4 Å². The van der Waals surface area contributed by atoms with Gasteiger partial charge >= 0.3 is 0 Å². The van der Waals surface area contributed by atoms with Crippen LogP contribution in [0.5, 0.6) is 0 Å². The number of hydrogen-bond donors (Lipinski definition) is 2. The van der Waals surface area contributed by atoms with E-state index in [1.807, 2.05) is 0 Å². The van der Waals surface area contributed by atoms with E-state index in [2.05, 4.69) is 25.2 Å². The monoisotopic (exact) mass is 489 g/mol. The number of carbonyl (C=O) groups is 2. The number of azo groups is 1. The number of pyridine rings is 1. The van der Waals surface area contributed by atoms with Crippen molar-refractivity contribution in [3.63, 3.8) is 0 Å². The van der Waals surface area contributed by atoms with Gasteiger partial charge < -0.3 is 11.5 Å². The molecule has 1 aliphatic rings. The summed E-state index contributed by atoms with van der Waals surface area (Å²) >= 11 is 12.4. The number of anilines is 2. The Labute approximate surface area is 202 Å². The molecule has 2 aromatic carbocycles. The lowest BCUT2D eigenvalue weighted by Gasteiger charge is -2.20. The largest absolute Gasteiger partial charge is 0.382 e. The van der Waals surface area contributed by atoms with E-state index in [0.717, 1.165) is 0 Å². The fourth-order valence-electron chi connectivity index (χ4n) is 3.61. The first-order valence-electron chi connectivity index (χ1n) is 9.83. The van der Waals surface area contributed by atoms with Crippen molar-refractivity contribution < 1.29 is 9.59 Å². The molecule has 0 radical (unpaired) electrons. The highest BCUT2D eigenvalue weighted by Gasteiger charge is 2.35. The molecule has 2 aromatic heterocycles. The van der Waals surface area contributed by atoms with Crippen LogP contribution in [0.3, 0.4) is 0 Å². The summed E-state index contributed by atoms with van der Waals surface area (Å²) in [5, 5.41) is 8.48. The van der Waals surface area contributed by atoms with Crippen molar-refractivity contribution in [3.05, 3.63) is 87.0 Å². The van der Waals surface area contributed by atoms with E-state index >= 15 is 0 Å². The topological polar surface area (TPSA) is 150 Å². The van der Waals surface area contributed by atoms with Gasteiger partial charge in [0, 0.05) is 11.8 Å². The molecule has 1 aliphatic carbocycles. The van der Waals surface area contributed by atoms with E-state index in [1.54, 1.807) is 30.5 Å². The van der Waals surface area contributed by atoms with Crippen LogP contribution in [0.1, 0.15) is 31.8 Å². The van der Waals surface area contributed by atoms with Crippen LogP contribution in [0, 0.1) is 0 Å². The first-order valence-corrected chi connectivity index (χ1v) is 10.6. The maximum Gasteiger partial charge on any atom is 0.198 e. The number of ketones is 2. The summed E-state index contributed by atoms with van der Waals surface area (Å²) in [6, 6.07) is 12.8. The van der Waals surface area contributed by atoms with Crippen LogP contribution in [0.2, 0.25) is 10.0 Å². The predicted octanol–water partition coefficient (Wildman–Crippen LogP) is 5.20. The van der Waals surface area contributed by atoms with Gasteiger partial charge in [0.2, 0.25) is 0 Å². The van der Waals surface area contributed by atoms with Gasteiger partial charge in [0.1, 0.15) is 5.69 Å². The third-order valence-corrected chi connectivity index (χ3v) is 5.79. The average Bonchev–Trinajstić information content (AvgIpc) is 2.83. The summed E-state index contributed by atoms with van der Waals surface area (Å²) in [5.74, 6) is -0.741. The number of aromatic nitrogens is 3. The van der Waals surface area contributed by atoms with Gasteiger partial charge in [0.25, 0.3) is 0 Å². The number of nitrogens with zero attached hydrogens (tertiary/aromatic N) is 5. The zero-order chi connectivity index (χ0) is 24.0. The molecule has 4 aromatic rings. The standard InChI is InChI=1S/C23H13Cl2N7O2/c24-11-7-8-12(25)17-16(11)19(33)10-4-3-6-13(15(10)20(17)34)31-32-18-21(26)29-23(30-22(18)27)14-5-1-2-9-28-14/h1-9H,(H4,26,27,29,30)/b32-31+. The van der Waals surface area contributed by atoms with Crippen molar-refractivity contribution in [2.75, 3.05) is 11.5 Å². The number of carbonyl (C=O) groups excluding carboxylic acids is 2. The maximum atomic E-state index is 13.3. The Bertz CT molecular complexity index is 1520. The average molecular weight is 490 g/mol. The van der Waals surface area contributed by atoms with Crippen molar-refractivity contribution in [1.82, 2.24) is 15.0 Å². The molecule has 2 heterocycles. The highest BCUT2D eigenvalue weighted by atomic mass is 35.5. The van der Waals surface area contributed by atoms with E-state index in [0.29, 0.717) is 5.69 Å². The first-order chi connectivity index (χ1) is 16.4. The van der Waals surface area contributed by atoms with Gasteiger partial charge in [-0.05, 0) is 30.3 Å². The second kappa shape index (κ2) is 8.29. The Morgan fingerprint density at radius 3 is 2.06 bits per heavy atom. The summed E-state index contributed by atoms with van der Waals surface area (Å²) in [6.07, 6.45) is 1.59. The predicted molar refractivity (Wildman–Crippen MR) is 128 cm³/mol. The molecule has 34 heavy (non-hydrogen) atoms. The molecule has 9 nitrogen and oxygen atoms in total. The van der Waals surface area contributed by atoms with Gasteiger partial charge in [0.15, 0.2) is 34.7 Å². The number of hydrogen-bond acceptors (Lipinski definition) is 9. The SMILES string of the molecule is Nc1nc(-c2ccccn2)nc(N)c1/N=N/c1cccc2c1C(=O)c1c(Cl)ccc(Cl)c1C2=O. The first kappa shape index (κ1) is 21.6. The van der Waals surface area contributed by atoms with E-state index in [-0.39, 0.29) is 61.1 Å². The fraction of sp³-hybridized carbons (Fsp3) is 0. The lowest BCUT2D eigenvalue weighted by Crippen LogP contribution is -2.22. The summed E-state index contributed by atoms with van der Waals surface area (Å²) in [6.45, 7) is 0. The van der Waals surface area contributed by atoms with Crippen molar-refractivity contribution >= 4 is 57.8 Å². The number of nitrogen functional groups attached to an aromatic ring is 2. The van der Waals surface area contributed by atoms with Crippen molar-refractivity contribution in [2.45, 2.75) is 0 Å². The van der Waals surface area contributed by atoms with Gasteiger partial charge in [-0.3, -0.25) is 14.6 Å². The van der Waals surface area contributed by atoms with Crippen molar-refractivity contribution in [1.29, 1.82) is 0 Å². The van der Waals surface area contributed by atoms with Gasteiger partial charge in [-0.25, -0.2) is 9.97 Å². The quantitative estimate of drug-likeness (QED) is 0.330. The molecule has 11 heteroatoms. The molecule has 5 rings (SSSR count). The molecule has 0 unspecified atom stereocenters. The Balaban J connectivity index is 1.58. The van der Waals surface area contributed by atoms with E-state index < -0.39 is 11.6 Å². The van der Waals surface area contributed by atoms with Gasteiger partial charge in [-0.2, -0.15) is 0 Å². The molecule has 0 bridgehead atoms. The Morgan fingerprint density at radius 2 is 1.41 bits per heavy atom. The van der Waals surface area contributed by atoms with Crippen molar-refractivity contribution in [2.24, 2.45) is 10.2 Å². The molecule has 0 saturated carbocycles. The molecule has 166 valence electrons. The second-order valence-corrected chi connectivity index (χ2v) is 8.03. The Kier molecular flexibility index (Phi) is 5.27. The van der Waals surface area contributed by atoms with Gasteiger partial charge in [0.05, 0.1) is 32.4 Å². The van der Waals surface area contributed by atoms with Crippen LogP contribution in [0.25, 0.3) is 11.5 Å². The molecule has 0 saturated heterocycles. The molecule has 0 atom stereocenters. The smallest absolute Gasteiger partial charge is 0.198 e. The Morgan fingerprint density at radius 1 is 0.735 bits per heavy atom. The molecule has 0 amide bonds. The minimum atomic E-state index is -0.491. The van der Waals surface area contributed by atoms with E-state index in [9.17, 15) is 9.59 Å². The lowest BCUT2D eigenvalue weighted by atomic mass is 9.83. The lowest BCUT2D eigenvalue weighted by molar-refractivity contribution is 0.0979. The highest BCUT2D eigenvalue weighted by molar-refractivity contribution is 6.43. The van der Waals surface area contributed by atoms with Crippen LogP contribution in [0.15, 0.2) is 65.0 Å². The molecule has 4 N–H and O–H groups in total. The van der Waals surface area contributed by atoms with Crippen LogP contribution in [-0.2, 0) is 0 Å². The zero-order valence-electron chi connectivity index (χ0n) is 17.2. The molecular formula is C23H13Cl2N7O2. The summed E-state index contributed by atoms with van der Waals surface area (Å²) in [4.78, 5) is 39.0. The third-order valence-electron chi connectivity index (χ3n) is 5.16. The number of rotatable bonds is 3. The third kappa shape index (κ3) is 3.47. The van der Waals surface area contributed by atoms with E-state index in [4.69, 9.17) is 34.7 Å².